The summed E-state index contributed by atoms with van der Waals surface area (Å²) < 4.78 is 5.17. The Morgan fingerprint density at radius 2 is 1.85 bits per heavy atom. The zero-order chi connectivity index (χ0) is 9.52. The molecule has 2 heteroatoms. The van der Waals surface area contributed by atoms with Gasteiger partial charge in [0.05, 0.1) is 6.61 Å². The average molecular weight is 183 g/mol. The molecule has 1 fully saturated rings. The average Bonchev–Trinajstić information content (AvgIpc) is 2.33. The number of hydrogen-bond acceptors (Lipinski definition) is 2. The molecule has 1 N–H and O–H groups in total. The molecule has 0 radical (unpaired) electrons. The van der Waals surface area contributed by atoms with Crippen LogP contribution in [0.1, 0.15) is 51.9 Å². The first-order chi connectivity index (χ1) is 6.33. The van der Waals surface area contributed by atoms with E-state index in [1.807, 2.05) is 6.92 Å². The van der Waals surface area contributed by atoms with Crippen molar-refractivity contribution in [1.82, 2.24) is 0 Å². The van der Waals surface area contributed by atoms with Crippen molar-refractivity contribution in [2.75, 3.05) is 6.61 Å². The highest BCUT2D eigenvalue weighted by Gasteiger charge is 2.14. The summed E-state index contributed by atoms with van der Waals surface area (Å²) in [7, 11) is 0. The Morgan fingerprint density at radius 1 is 1.23 bits per heavy atom. The molecule has 13 heavy (non-hydrogen) atoms. The molecule has 0 aromatic rings. The molecule has 0 amide bonds. The van der Waals surface area contributed by atoms with Crippen LogP contribution in [0.25, 0.3) is 0 Å². The van der Waals surface area contributed by atoms with Crippen molar-refractivity contribution in [2.45, 2.75) is 51.9 Å². The van der Waals surface area contributed by atoms with E-state index in [1.54, 1.807) is 0 Å². The molecule has 0 spiro atoms. The minimum absolute atomic E-state index is 0.495. The lowest BCUT2D eigenvalue weighted by Crippen LogP contribution is -2.10. The van der Waals surface area contributed by atoms with Crippen molar-refractivity contribution in [3.8, 4) is 0 Å². The molecule has 76 valence electrons. The van der Waals surface area contributed by atoms with Gasteiger partial charge in [-0.3, -0.25) is 5.41 Å². The maximum Gasteiger partial charge on any atom is 0.180 e. The quantitative estimate of drug-likeness (QED) is 0.406. The van der Waals surface area contributed by atoms with Gasteiger partial charge in [-0.1, -0.05) is 25.7 Å². The zero-order valence-corrected chi connectivity index (χ0v) is 8.64. The Labute approximate surface area is 81.2 Å². The molecule has 1 rings (SSSR count). The lowest BCUT2D eigenvalue weighted by Gasteiger charge is -2.13. The summed E-state index contributed by atoms with van der Waals surface area (Å²) >= 11 is 0. The molecule has 1 aliphatic carbocycles. The van der Waals surface area contributed by atoms with E-state index < -0.39 is 0 Å². The van der Waals surface area contributed by atoms with Crippen LogP contribution < -0.4 is 0 Å². The topological polar surface area (TPSA) is 33.1 Å². The largest absolute Gasteiger partial charge is 0.481 e. The zero-order valence-electron chi connectivity index (χ0n) is 8.64. The van der Waals surface area contributed by atoms with Crippen LogP contribution in [0.15, 0.2) is 0 Å². The van der Waals surface area contributed by atoms with E-state index in [0.717, 1.165) is 12.3 Å². The minimum Gasteiger partial charge on any atom is -0.481 e. The molecule has 0 atom stereocenters. The van der Waals surface area contributed by atoms with Crippen molar-refractivity contribution in [2.24, 2.45) is 5.92 Å². The predicted molar refractivity (Wildman–Crippen MR) is 55.2 cm³/mol. The van der Waals surface area contributed by atoms with E-state index in [9.17, 15) is 0 Å². The first-order valence-corrected chi connectivity index (χ1v) is 5.53. The second kappa shape index (κ2) is 6.01. The van der Waals surface area contributed by atoms with E-state index >= 15 is 0 Å². The maximum atomic E-state index is 7.57. The summed E-state index contributed by atoms with van der Waals surface area (Å²) in [5, 5.41) is 7.57. The highest BCUT2D eigenvalue weighted by atomic mass is 16.5. The van der Waals surface area contributed by atoms with Crippen molar-refractivity contribution < 1.29 is 4.74 Å². The molecule has 2 nitrogen and oxygen atoms in total. The summed E-state index contributed by atoms with van der Waals surface area (Å²) in [4.78, 5) is 0. The van der Waals surface area contributed by atoms with Gasteiger partial charge in [-0.25, -0.2) is 0 Å². The van der Waals surface area contributed by atoms with Gasteiger partial charge in [-0.2, -0.15) is 0 Å². The normalized spacial score (nSPS) is 19.5. The predicted octanol–water partition coefficient (Wildman–Crippen LogP) is 3.36. The SMILES string of the molecule is CCOC(=N)CC1CCCCCC1. The summed E-state index contributed by atoms with van der Waals surface area (Å²) in [6, 6.07) is 0. The van der Waals surface area contributed by atoms with Gasteiger partial charge in [0.2, 0.25) is 0 Å². The Bertz CT molecular complexity index is 148. The molecule has 0 saturated heterocycles. The second-order valence-electron chi connectivity index (χ2n) is 3.92. The van der Waals surface area contributed by atoms with Crippen LogP contribution in [0.5, 0.6) is 0 Å². The van der Waals surface area contributed by atoms with Gasteiger partial charge in [-0.05, 0) is 25.7 Å². The van der Waals surface area contributed by atoms with Crippen molar-refractivity contribution in [3.63, 3.8) is 0 Å². The first-order valence-electron chi connectivity index (χ1n) is 5.53. The molecule has 0 aliphatic heterocycles. The smallest absolute Gasteiger partial charge is 0.180 e. The van der Waals surface area contributed by atoms with Crippen LogP contribution in [0.4, 0.5) is 0 Å². The van der Waals surface area contributed by atoms with E-state index in [2.05, 4.69) is 0 Å². The minimum atomic E-state index is 0.495. The first kappa shape index (κ1) is 10.6. The Balaban J connectivity index is 2.21. The van der Waals surface area contributed by atoms with Crippen LogP contribution in [-0.4, -0.2) is 12.5 Å². The molecule has 1 saturated carbocycles. The van der Waals surface area contributed by atoms with Gasteiger partial charge in [-0.15, -0.1) is 0 Å². The fourth-order valence-electron chi connectivity index (χ4n) is 2.06. The molecular weight excluding hydrogens is 162 g/mol. The molecule has 0 aromatic heterocycles. The summed E-state index contributed by atoms with van der Waals surface area (Å²) in [5.74, 6) is 1.22. The van der Waals surface area contributed by atoms with Crippen molar-refractivity contribution in [3.05, 3.63) is 0 Å². The van der Waals surface area contributed by atoms with Crippen molar-refractivity contribution in [1.29, 1.82) is 5.41 Å². The molecule has 0 heterocycles. The summed E-state index contributed by atoms with van der Waals surface area (Å²) in [5.41, 5.74) is 0. The lowest BCUT2D eigenvalue weighted by molar-refractivity contribution is 0.299. The van der Waals surface area contributed by atoms with Gasteiger partial charge in [0.15, 0.2) is 5.90 Å². The number of nitrogens with one attached hydrogen (secondary N) is 1. The second-order valence-corrected chi connectivity index (χ2v) is 3.92. The standard InChI is InChI=1S/C11H21NO/c1-2-13-11(12)9-10-7-5-3-4-6-8-10/h10,12H,2-9H2,1H3. The molecule has 0 aromatic carbocycles. The van der Waals surface area contributed by atoms with E-state index in [-0.39, 0.29) is 0 Å². The summed E-state index contributed by atoms with van der Waals surface area (Å²) in [6.45, 7) is 2.59. The monoisotopic (exact) mass is 183 g/mol. The third-order valence-corrected chi connectivity index (χ3v) is 2.77. The van der Waals surface area contributed by atoms with Gasteiger partial charge < -0.3 is 4.74 Å². The van der Waals surface area contributed by atoms with E-state index in [0.29, 0.717) is 12.5 Å². The Kier molecular flexibility index (Phi) is 4.87. The Morgan fingerprint density at radius 3 is 2.38 bits per heavy atom. The van der Waals surface area contributed by atoms with Crippen molar-refractivity contribution >= 4 is 5.90 Å². The van der Waals surface area contributed by atoms with Gasteiger partial charge in [0, 0.05) is 6.42 Å². The number of rotatable bonds is 3. The van der Waals surface area contributed by atoms with E-state index in [4.69, 9.17) is 10.1 Å². The summed E-state index contributed by atoms with van der Waals surface area (Å²) in [6.07, 6.45) is 8.95. The molecular formula is C11H21NO. The van der Waals surface area contributed by atoms with Gasteiger partial charge in [0.1, 0.15) is 0 Å². The number of hydrogen-bond donors (Lipinski definition) is 1. The lowest BCUT2D eigenvalue weighted by atomic mass is 9.97. The fraction of sp³-hybridized carbons (Fsp3) is 0.909. The Hall–Kier alpha value is -0.530. The van der Waals surface area contributed by atoms with Crippen LogP contribution >= 0.6 is 0 Å². The third kappa shape index (κ3) is 4.30. The number of ether oxygens (including phenoxy) is 1. The highest BCUT2D eigenvalue weighted by Crippen LogP contribution is 2.25. The van der Waals surface area contributed by atoms with Crippen LogP contribution in [0, 0.1) is 11.3 Å². The maximum absolute atomic E-state index is 7.57. The van der Waals surface area contributed by atoms with Gasteiger partial charge in [0.25, 0.3) is 0 Å². The molecule has 0 bridgehead atoms. The van der Waals surface area contributed by atoms with Crippen LogP contribution in [0.3, 0.4) is 0 Å². The third-order valence-electron chi connectivity index (χ3n) is 2.77. The van der Waals surface area contributed by atoms with Gasteiger partial charge >= 0.3 is 0 Å². The molecule has 1 aliphatic rings. The highest BCUT2D eigenvalue weighted by molar-refractivity contribution is 5.72. The fourth-order valence-corrected chi connectivity index (χ4v) is 2.06. The molecule has 0 unspecified atom stereocenters. The van der Waals surface area contributed by atoms with Crippen LogP contribution in [0.2, 0.25) is 0 Å². The van der Waals surface area contributed by atoms with Crippen LogP contribution in [-0.2, 0) is 4.74 Å². The van der Waals surface area contributed by atoms with E-state index in [1.165, 1.54) is 38.5 Å².